The van der Waals surface area contributed by atoms with Crippen LogP contribution in [0.2, 0.25) is 0 Å². The minimum Gasteiger partial charge on any atom is -0.444 e. The second-order valence-electron chi connectivity index (χ2n) is 16.7. The number of imidazole rings is 1. The highest BCUT2D eigenvalue weighted by Crippen LogP contribution is 2.53. The molecule has 0 radical (unpaired) electrons. The van der Waals surface area contributed by atoms with Crippen LogP contribution >= 0.6 is 0 Å². The van der Waals surface area contributed by atoms with E-state index in [4.69, 9.17) is 19.7 Å². The number of aromatic amines is 1. The topological polar surface area (TPSA) is 83.5 Å². The minimum atomic E-state index is -0.505. The van der Waals surface area contributed by atoms with E-state index in [9.17, 15) is 4.79 Å². The molecular formula is C43H49N5O2. The van der Waals surface area contributed by atoms with E-state index in [1.807, 2.05) is 31.9 Å². The summed E-state index contributed by atoms with van der Waals surface area (Å²) in [7, 11) is 0. The molecule has 3 fully saturated rings. The van der Waals surface area contributed by atoms with Crippen molar-refractivity contribution < 1.29 is 9.53 Å². The summed E-state index contributed by atoms with van der Waals surface area (Å²) >= 11 is 0. The average molecular weight is 668 g/mol. The molecule has 1 atom stereocenters. The Morgan fingerprint density at radius 3 is 2.32 bits per heavy atom. The Labute approximate surface area is 295 Å². The lowest BCUT2D eigenvalue weighted by Gasteiger charge is -2.28. The average Bonchev–Trinajstić information content (AvgIpc) is 3.95. The first-order chi connectivity index (χ1) is 24.2. The van der Waals surface area contributed by atoms with Crippen molar-refractivity contribution in [2.45, 2.75) is 122 Å². The number of nitrogens with one attached hydrogen (secondary N) is 1. The number of amides is 1. The van der Waals surface area contributed by atoms with E-state index in [2.05, 4.69) is 53.5 Å². The molecule has 5 aliphatic rings. The number of aliphatic imine (C=N–C) groups is 1. The molecule has 4 heterocycles. The van der Waals surface area contributed by atoms with Gasteiger partial charge < -0.3 is 9.72 Å². The molecule has 2 aromatic carbocycles. The first kappa shape index (κ1) is 31.7. The SMILES string of the molecule is CC(C)(C)OC(=O)N1CCC[C@H]1C1=NC=C(c2ccc(-c3ccc(-c4ccc5[nH]c(C6CCCC6)nc5n4)c4c3CC3(CCCC3)C4)cc2)C1. The van der Waals surface area contributed by atoms with E-state index in [1.54, 1.807) is 0 Å². The summed E-state index contributed by atoms with van der Waals surface area (Å²) in [6.07, 6.45) is 17.1. The minimum absolute atomic E-state index is 0.0134. The zero-order valence-corrected chi connectivity index (χ0v) is 29.9. The van der Waals surface area contributed by atoms with Gasteiger partial charge in [0, 0.05) is 36.4 Å². The number of hydrogen-bond acceptors (Lipinski definition) is 5. The number of benzene rings is 2. The number of rotatable bonds is 5. The van der Waals surface area contributed by atoms with Gasteiger partial charge in [0.05, 0.1) is 17.3 Å². The van der Waals surface area contributed by atoms with Gasteiger partial charge in [0.25, 0.3) is 0 Å². The van der Waals surface area contributed by atoms with E-state index >= 15 is 0 Å². The summed E-state index contributed by atoms with van der Waals surface area (Å²) in [5, 5.41) is 0. The van der Waals surface area contributed by atoms with Crippen LogP contribution in [0.5, 0.6) is 0 Å². The van der Waals surface area contributed by atoms with Crippen LogP contribution < -0.4 is 0 Å². The molecular weight excluding hydrogens is 619 g/mol. The molecule has 2 aliphatic heterocycles. The lowest BCUT2D eigenvalue weighted by Crippen LogP contribution is -2.43. The molecule has 258 valence electrons. The fourth-order valence-electron chi connectivity index (χ4n) is 9.70. The summed E-state index contributed by atoms with van der Waals surface area (Å²) in [6.45, 7) is 6.49. The van der Waals surface area contributed by atoms with Crippen LogP contribution in [0.25, 0.3) is 39.1 Å². The third kappa shape index (κ3) is 5.76. The van der Waals surface area contributed by atoms with Crippen molar-refractivity contribution in [3.8, 4) is 22.4 Å². The molecule has 7 nitrogen and oxygen atoms in total. The Balaban J connectivity index is 0.971. The number of likely N-dealkylation sites (tertiary alicyclic amines) is 1. The van der Waals surface area contributed by atoms with E-state index in [-0.39, 0.29) is 12.1 Å². The molecule has 1 saturated heterocycles. The number of carbonyl (C=O) groups is 1. The lowest BCUT2D eigenvalue weighted by molar-refractivity contribution is 0.0265. The number of allylic oxidation sites excluding steroid dienone is 1. The fraction of sp³-hybridized carbons (Fsp3) is 0.488. The van der Waals surface area contributed by atoms with E-state index in [1.165, 1.54) is 90.3 Å². The van der Waals surface area contributed by atoms with Crippen LogP contribution in [0.1, 0.15) is 120 Å². The van der Waals surface area contributed by atoms with Crippen LogP contribution in [-0.4, -0.2) is 49.8 Å². The van der Waals surface area contributed by atoms with E-state index in [0.717, 1.165) is 67.0 Å². The van der Waals surface area contributed by atoms with Gasteiger partial charge in [-0.3, -0.25) is 9.89 Å². The van der Waals surface area contributed by atoms with Gasteiger partial charge in [-0.05, 0) is 123 Å². The molecule has 50 heavy (non-hydrogen) atoms. The third-order valence-electron chi connectivity index (χ3n) is 12.2. The number of aromatic nitrogens is 3. The van der Waals surface area contributed by atoms with Gasteiger partial charge in [-0.25, -0.2) is 14.8 Å². The highest BCUT2D eigenvalue weighted by molar-refractivity contribution is 6.03. The number of nitrogens with zero attached hydrogens (tertiary/aromatic N) is 4. The Bertz CT molecular complexity index is 2020. The highest BCUT2D eigenvalue weighted by atomic mass is 16.6. The summed E-state index contributed by atoms with van der Waals surface area (Å²) < 4.78 is 5.72. The maximum absolute atomic E-state index is 12.9. The smallest absolute Gasteiger partial charge is 0.410 e. The maximum atomic E-state index is 12.9. The summed E-state index contributed by atoms with van der Waals surface area (Å²) in [6, 6.07) is 18.2. The van der Waals surface area contributed by atoms with Crippen LogP contribution in [0.3, 0.4) is 0 Å². The van der Waals surface area contributed by atoms with Crippen molar-refractivity contribution in [1.82, 2.24) is 19.9 Å². The first-order valence-electron chi connectivity index (χ1n) is 19.1. The molecule has 4 aromatic rings. The molecule has 0 bridgehead atoms. The summed E-state index contributed by atoms with van der Waals surface area (Å²) in [4.78, 5) is 33.4. The normalized spacial score (nSPS) is 21.7. The van der Waals surface area contributed by atoms with E-state index in [0.29, 0.717) is 11.3 Å². The number of H-pyrrole nitrogens is 1. The van der Waals surface area contributed by atoms with Crippen molar-refractivity contribution in [3.05, 3.63) is 77.2 Å². The van der Waals surface area contributed by atoms with Crippen molar-refractivity contribution in [2.75, 3.05) is 6.54 Å². The molecule has 9 rings (SSSR count). The number of ether oxygens (including phenoxy) is 1. The third-order valence-corrected chi connectivity index (χ3v) is 12.2. The van der Waals surface area contributed by atoms with Crippen molar-refractivity contribution in [3.63, 3.8) is 0 Å². The molecule has 1 amide bonds. The monoisotopic (exact) mass is 667 g/mol. The van der Waals surface area contributed by atoms with Crippen molar-refractivity contribution >= 4 is 28.5 Å². The largest absolute Gasteiger partial charge is 0.444 e. The molecule has 7 heteroatoms. The van der Waals surface area contributed by atoms with Crippen LogP contribution in [0.15, 0.2) is 59.7 Å². The van der Waals surface area contributed by atoms with E-state index < -0.39 is 5.60 Å². The summed E-state index contributed by atoms with van der Waals surface area (Å²) in [5.74, 6) is 1.67. The molecule has 2 aromatic heterocycles. The Hall–Kier alpha value is -4.26. The van der Waals surface area contributed by atoms with Gasteiger partial charge in [0.15, 0.2) is 5.65 Å². The Morgan fingerprint density at radius 2 is 1.56 bits per heavy atom. The Morgan fingerprint density at radius 1 is 0.840 bits per heavy atom. The predicted octanol–water partition coefficient (Wildman–Crippen LogP) is 10.2. The van der Waals surface area contributed by atoms with Crippen LogP contribution in [0, 0.1) is 5.41 Å². The zero-order chi connectivity index (χ0) is 34.0. The van der Waals surface area contributed by atoms with Gasteiger partial charge in [-0.2, -0.15) is 0 Å². The van der Waals surface area contributed by atoms with Crippen LogP contribution in [-0.2, 0) is 17.6 Å². The summed E-state index contributed by atoms with van der Waals surface area (Å²) in [5.41, 5.74) is 13.2. The number of pyridine rings is 1. The van der Waals surface area contributed by atoms with Crippen molar-refractivity contribution in [2.24, 2.45) is 10.4 Å². The Kier molecular flexibility index (Phi) is 7.74. The molecule has 3 aliphatic carbocycles. The van der Waals surface area contributed by atoms with Gasteiger partial charge in [-0.1, -0.05) is 62.1 Å². The quantitative estimate of drug-likeness (QED) is 0.230. The lowest BCUT2D eigenvalue weighted by atomic mass is 9.82. The standard InChI is InChI=1S/C43H49N5O2/c1-42(2,3)50-41(49)48-22-8-11-38(48)37-23-30(26-44-37)27-12-14-28(15-13-27)31-16-17-32(34-25-43(24-33(31)34)20-6-7-21-43)35-18-19-36-40(45-35)47-39(46-36)29-9-4-5-10-29/h12-19,26,29,38H,4-11,20-25H2,1-3H3,(H,45,46,47)/t38-/m0/s1. The highest BCUT2D eigenvalue weighted by Gasteiger charge is 2.42. The molecule has 0 unspecified atom stereocenters. The molecule has 1 spiro atoms. The van der Waals surface area contributed by atoms with Gasteiger partial charge >= 0.3 is 6.09 Å². The number of hydrogen-bond donors (Lipinski definition) is 1. The fourth-order valence-corrected chi connectivity index (χ4v) is 9.70. The van der Waals surface area contributed by atoms with Gasteiger partial charge in [0.1, 0.15) is 11.4 Å². The van der Waals surface area contributed by atoms with Crippen LogP contribution in [0.4, 0.5) is 4.79 Å². The molecule has 1 N–H and O–H groups in total. The first-order valence-corrected chi connectivity index (χ1v) is 19.1. The number of carbonyl (C=O) groups excluding carboxylic acids is 1. The van der Waals surface area contributed by atoms with Gasteiger partial charge in [0.2, 0.25) is 0 Å². The maximum Gasteiger partial charge on any atom is 0.410 e. The number of fused-ring (bicyclic) bond motifs is 2. The second kappa shape index (κ2) is 12.2. The second-order valence-corrected chi connectivity index (χ2v) is 16.7. The molecule has 2 saturated carbocycles. The van der Waals surface area contributed by atoms with Crippen molar-refractivity contribution in [1.29, 1.82) is 0 Å². The predicted molar refractivity (Wildman–Crippen MR) is 200 cm³/mol. The zero-order valence-electron chi connectivity index (χ0n) is 29.9. The van der Waals surface area contributed by atoms with Gasteiger partial charge in [-0.15, -0.1) is 0 Å².